The van der Waals surface area contributed by atoms with Crippen molar-refractivity contribution in [1.29, 1.82) is 0 Å². The Morgan fingerprint density at radius 1 is 0.842 bits per heavy atom. The van der Waals surface area contributed by atoms with Gasteiger partial charge in [0.2, 0.25) is 0 Å². The Morgan fingerprint density at radius 3 is 1.89 bits per heavy atom. The topological polar surface area (TPSA) is 3.24 Å². The quantitative estimate of drug-likeness (QED) is 0.636. The first-order valence-electron chi connectivity index (χ1n) is 7.07. The summed E-state index contributed by atoms with van der Waals surface area (Å²) < 4.78 is 0. The molecule has 0 aromatic heterocycles. The maximum atomic E-state index is 2.34. The van der Waals surface area contributed by atoms with Gasteiger partial charge in [0.25, 0.3) is 0 Å². The standard InChI is InChI=1S/C12H17N.C6H4/c1-13(2)12-8-7-10-5-3-4-6-11(10)9-12;1-2-6-4-3-5(1)6/h3-6,12H,7-9H2,1-2H3;1-4H. The molecule has 1 aromatic rings. The fraction of sp³-hybridized carbons (Fsp3) is 0.333. The van der Waals surface area contributed by atoms with Gasteiger partial charge in [0.1, 0.15) is 0 Å². The van der Waals surface area contributed by atoms with Gasteiger partial charge in [0, 0.05) is 6.04 Å². The Bertz CT molecular complexity index is 533. The van der Waals surface area contributed by atoms with Crippen LogP contribution < -0.4 is 0 Å². The zero-order valence-corrected chi connectivity index (χ0v) is 11.8. The molecule has 0 fully saturated rings. The average Bonchev–Trinajstić information content (AvgIpc) is 2.43. The number of rotatable bonds is 1. The summed E-state index contributed by atoms with van der Waals surface area (Å²) in [5.41, 5.74) is 5.96. The Hall–Kier alpha value is -1.60. The zero-order chi connectivity index (χ0) is 13.2. The molecule has 98 valence electrons. The van der Waals surface area contributed by atoms with Crippen molar-refractivity contribution in [3.8, 4) is 11.1 Å². The van der Waals surface area contributed by atoms with Crippen LogP contribution in [0.15, 0.2) is 48.5 Å². The molecule has 0 aliphatic heterocycles. The van der Waals surface area contributed by atoms with Gasteiger partial charge in [-0.25, -0.2) is 0 Å². The van der Waals surface area contributed by atoms with E-state index in [1.807, 2.05) is 0 Å². The largest absolute Gasteiger partial charge is 0.306 e. The summed E-state index contributed by atoms with van der Waals surface area (Å²) in [6, 6.07) is 18.1. The lowest BCUT2D eigenvalue weighted by Gasteiger charge is -2.29. The lowest BCUT2D eigenvalue weighted by molar-refractivity contribution is 0.268. The fourth-order valence-electron chi connectivity index (χ4n) is 2.78. The van der Waals surface area contributed by atoms with Crippen LogP contribution in [0.5, 0.6) is 0 Å². The minimum absolute atomic E-state index is 0.745. The van der Waals surface area contributed by atoms with Gasteiger partial charge in [-0.2, -0.15) is 0 Å². The summed E-state index contributed by atoms with van der Waals surface area (Å²) in [6.45, 7) is 0. The van der Waals surface area contributed by atoms with E-state index in [1.165, 1.54) is 30.4 Å². The fourth-order valence-corrected chi connectivity index (χ4v) is 2.78. The Labute approximate surface area is 115 Å². The van der Waals surface area contributed by atoms with E-state index in [9.17, 15) is 0 Å². The molecule has 0 N–H and O–H groups in total. The van der Waals surface area contributed by atoms with E-state index in [4.69, 9.17) is 0 Å². The third-order valence-corrected chi connectivity index (χ3v) is 4.27. The smallest absolute Gasteiger partial charge is 0.0133 e. The molecule has 1 nitrogen and oxygen atoms in total. The highest BCUT2D eigenvalue weighted by Gasteiger charge is 2.18. The summed E-state index contributed by atoms with van der Waals surface area (Å²) in [5, 5.41) is 0. The van der Waals surface area contributed by atoms with E-state index >= 15 is 0 Å². The van der Waals surface area contributed by atoms with Gasteiger partial charge in [0.15, 0.2) is 0 Å². The molecule has 1 heteroatoms. The number of nitrogens with zero attached hydrogens (tertiary/aromatic N) is 1. The van der Waals surface area contributed by atoms with Gasteiger partial charge in [-0.05, 0) is 55.6 Å². The molecule has 1 atom stereocenters. The summed E-state index contributed by atoms with van der Waals surface area (Å²) in [5.74, 6) is 0. The lowest BCUT2D eigenvalue weighted by atomic mass is 9.88. The van der Waals surface area contributed by atoms with Gasteiger partial charge in [0.05, 0.1) is 0 Å². The van der Waals surface area contributed by atoms with Crippen LogP contribution in [0.3, 0.4) is 0 Å². The molecule has 4 rings (SSSR count). The van der Waals surface area contributed by atoms with E-state index in [0.29, 0.717) is 0 Å². The lowest BCUT2D eigenvalue weighted by Crippen LogP contribution is -2.33. The maximum absolute atomic E-state index is 2.34. The highest BCUT2D eigenvalue weighted by molar-refractivity contribution is 5.75. The average molecular weight is 251 g/mol. The Morgan fingerprint density at radius 2 is 1.42 bits per heavy atom. The van der Waals surface area contributed by atoms with Crippen LogP contribution in [0.25, 0.3) is 11.1 Å². The van der Waals surface area contributed by atoms with Crippen LogP contribution in [0.4, 0.5) is 0 Å². The molecule has 0 heterocycles. The first-order chi connectivity index (χ1) is 9.24. The summed E-state index contributed by atoms with van der Waals surface area (Å²) in [6.07, 6.45) is 3.78. The highest BCUT2D eigenvalue weighted by Crippen LogP contribution is 2.29. The second-order valence-electron chi connectivity index (χ2n) is 5.71. The van der Waals surface area contributed by atoms with Crippen molar-refractivity contribution in [2.45, 2.75) is 25.3 Å². The van der Waals surface area contributed by atoms with Crippen LogP contribution in [0.2, 0.25) is 0 Å². The van der Waals surface area contributed by atoms with Crippen LogP contribution in [-0.4, -0.2) is 25.0 Å². The second kappa shape index (κ2) is 5.18. The zero-order valence-electron chi connectivity index (χ0n) is 11.8. The number of hydrogen-bond donors (Lipinski definition) is 0. The molecular formula is C18H21N. The number of hydrogen-bond acceptors (Lipinski definition) is 1. The number of aryl methyl sites for hydroxylation is 1. The maximum Gasteiger partial charge on any atom is 0.0133 e. The highest BCUT2D eigenvalue weighted by atomic mass is 15.1. The van der Waals surface area contributed by atoms with Gasteiger partial charge in [-0.1, -0.05) is 48.5 Å². The molecular weight excluding hydrogens is 230 g/mol. The van der Waals surface area contributed by atoms with Crippen molar-refractivity contribution < 1.29 is 0 Å². The van der Waals surface area contributed by atoms with Crippen molar-refractivity contribution in [3.05, 3.63) is 59.7 Å². The molecule has 0 bridgehead atoms. The summed E-state index contributed by atoms with van der Waals surface area (Å²) in [4.78, 5) is 2.34. The van der Waals surface area contributed by atoms with Crippen molar-refractivity contribution in [2.24, 2.45) is 0 Å². The van der Waals surface area contributed by atoms with Gasteiger partial charge in [-0.3, -0.25) is 0 Å². The molecule has 0 saturated carbocycles. The number of benzene rings is 2. The van der Waals surface area contributed by atoms with Gasteiger partial charge >= 0.3 is 0 Å². The molecule has 0 radical (unpaired) electrons. The minimum atomic E-state index is 0.745. The third-order valence-electron chi connectivity index (χ3n) is 4.27. The van der Waals surface area contributed by atoms with Crippen LogP contribution in [0.1, 0.15) is 17.5 Å². The summed E-state index contributed by atoms with van der Waals surface area (Å²) >= 11 is 0. The minimum Gasteiger partial charge on any atom is -0.306 e. The molecule has 0 amide bonds. The van der Waals surface area contributed by atoms with Crippen LogP contribution in [-0.2, 0) is 12.8 Å². The molecule has 3 aliphatic rings. The SMILES string of the molecule is CN(C)C1CCc2ccccc2C1.c1cc2ccc1-2. The van der Waals surface area contributed by atoms with Crippen molar-refractivity contribution in [3.63, 3.8) is 0 Å². The molecule has 3 aliphatic carbocycles. The predicted octanol–water partition coefficient (Wildman–Crippen LogP) is 3.77. The Kier molecular flexibility index (Phi) is 3.39. The molecule has 0 spiro atoms. The van der Waals surface area contributed by atoms with Gasteiger partial charge < -0.3 is 4.90 Å². The molecule has 1 aromatic carbocycles. The monoisotopic (exact) mass is 251 g/mol. The van der Waals surface area contributed by atoms with E-state index in [1.54, 1.807) is 11.1 Å². The van der Waals surface area contributed by atoms with Crippen molar-refractivity contribution >= 4 is 0 Å². The predicted molar refractivity (Wildman–Crippen MR) is 81.4 cm³/mol. The summed E-state index contributed by atoms with van der Waals surface area (Å²) in [7, 11) is 4.36. The molecule has 1 unspecified atom stereocenters. The van der Waals surface area contributed by atoms with Crippen molar-refractivity contribution in [1.82, 2.24) is 4.90 Å². The normalized spacial score (nSPS) is 18.4. The number of likely N-dealkylation sites (N-methyl/N-ethyl adjacent to an activating group) is 1. The van der Waals surface area contributed by atoms with Gasteiger partial charge in [-0.15, -0.1) is 0 Å². The Balaban J connectivity index is 0.000000151. The first kappa shape index (κ1) is 12.4. The van der Waals surface area contributed by atoms with E-state index in [0.717, 1.165) is 6.04 Å². The first-order valence-corrected chi connectivity index (χ1v) is 7.07. The van der Waals surface area contributed by atoms with Crippen molar-refractivity contribution in [2.75, 3.05) is 14.1 Å². The van der Waals surface area contributed by atoms with Crippen LogP contribution >= 0.6 is 0 Å². The van der Waals surface area contributed by atoms with E-state index < -0.39 is 0 Å². The molecule has 19 heavy (non-hydrogen) atoms. The van der Waals surface area contributed by atoms with Crippen LogP contribution in [0, 0.1) is 0 Å². The second-order valence-corrected chi connectivity index (χ2v) is 5.71. The van der Waals surface area contributed by atoms with E-state index in [-0.39, 0.29) is 0 Å². The van der Waals surface area contributed by atoms with E-state index in [2.05, 4.69) is 67.5 Å². The third kappa shape index (κ3) is 2.57. The number of fused-ring (bicyclic) bond motifs is 2. The molecule has 0 saturated heterocycles.